The van der Waals surface area contributed by atoms with E-state index in [1.54, 1.807) is 12.1 Å². The van der Waals surface area contributed by atoms with Crippen LogP contribution in [-0.4, -0.2) is 24.8 Å². The van der Waals surface area contributed by atoms with Gasteiger partial charge in [0.1, 0.15) is 23.8 Å². The molecule has 0 bridgehead atoms. The highest BCUT2D eigenvalue weighted by Gasteiger charge is 2.19. The Morgan fingerprint density at radius 1 is 1.54 bits per heavy atom. The third-order valence-corrected chi connectivity index (χ3v) is 2.29. The van der Waals surface area contributed by atoms with Crippen molar-refractivity contribution >= 4 is 5.69 Å². The van der Waals surface area contributed by atoms with Gasteiger partial charge in [0.15, 0.2) is 0 Å². The van der Waals surface area contributed by atoms with Crippen LogP contribution in [0.3, 0.4) is 0 Å². The topological polar surface area (TPSA) is 32.7 Å². The summed E-state index contributed by atoms with van der Waals surface area (Å²) in [5.74, 6) is 1.09. The molecule has 0 amide bonds. The molecule has 0 fully saturated rings. The van der Waals surface area contributed by atoms with E-state index in [9.17, 15) is 5.11 Å². The first-order valence-corrected chi connectivity index (χ1v) is 4.52. The Bertz CT molecular complexity index is 312. The lowest BCUT2D eigenvalue weighted by atomic mass is 10.2. The van der Waals surface area contributed by atoms with Gasteiger partial charge in [-0.05, 0) is 19.1 Å². The van der Waals surface area contributed by atoms with Crippen molar-refractivity contribution in [1.82, 2.24) is 0 Å². The molecule has 0 saturated heterocycles. The first-order valence-electron chi connectivity index (χ1n) is 4.52. The Balaban J connectivity index is 2.47. The van der Waals surface area contributed by atoms with Gasteiger partial charge in [-0.25, -0.2) is 0 Å². The molecular formula is C10H13NO2. The Morgan fingerprint density at radius 3 is 3.15 bits per heavy atom. The standard InChI is InChI=1S/C10H13NO2/c1-2-11-6-7-13-9-5-3-4-8(12)10(9)11/h3-5,12H,2,6-7H2,1H3. The average Bonchev–Trinajstić information content (AvgIpc) is 2.17. The quantitative estimate of drug-likeness (QED) is 0.711. The third-order valence-electron chi connectivity index (χ3n) is 2.29. The van der Waals surface area contributed by atoms with Crippen LogP contribution >= 0.6 is 0 Å². The van der Waals surface area contributed by atoms with Crippen LogP contribution in [0, 0.1) is 0 Å². The zero-order chi connectivity index (χ0) is 9.26. The number of likely N-dealkylation sites (N-methyl/N-ethyl adjacent to an activating group) is 1. The van der Waals surface area contributed by atoms with Crippen LogP contribution in [0.25, 0.3) is 0 Å². The van der Waals surface area contributed by atoms with Gasteiger partial charge in [0, 0.05) is 6.54 Å². The molecule has 3 heteroatoms. The SMILES string of the molecule is CCN1CCOc2cccc(O)c21. The summed E-state index contributed by atoms with van der Waals surface area (Å²) < 4.78 is 5.43. The molecule has 0 aliphatic carbocycles. The van der Waals surface area contributed by atoms with Crippen LogP contribution in [0.2, 0.25) is 0 Å². The van der Waals surface area contributed by atoms with Crippen LogP contribution in [0.15, 0.2) is 18.2 Å². The van der Waals surface area contributed by atoms with E-state index in [0.717, 1.165) is 24.5 Å². The average molecular weight is 179 g/mol. The second-order valence-electron chi connectivity index (χ2n) is 3.05. The van der Waals surface area contributed by atoms with Crippen molar-refractivity contribution in [1.29, 1.82) is 0 Å². The Hall–Kier alpha value is -1.38. The van der Waals surface area contributed by atoms with E-state index in [-0.39, 0.29) is 0 Å². The van der Waals surface area contributed by atoms with Gasteiger partial charge in [0.05, 0.1) is 6.54 Å². The first-order chi connectivity index (χ1) is 6.33. The van der Waals surface area contributed by atoms with Gasteiger partial charge in [0.2, 0.25) is 0 Å². The number of phenols is 1. The van der Waals surface area contributed by atoms with Crippen LogP contribution in [-0.2, 0) is 0 Å². The molecule has 70 valence electrons. The van der Waals surface area contributed by atoms with Crippen molar-refractivity contribution < 1.29 is 9.84 Å². The van der Waals surface area contributed by atoms with E-state index in [1.165, 1.54) is 0 Å². The number of rotatable bonds is 1. The van der Waals surface area contributed by atoms with Gasteiger partial charge < -0.3 is 14.7 Å². The normalized spacial score (nSPS) is 15.0. The number of benzene rings is 1. The van der Waals surface area contributed by atoms with E-state index < -0.39 is 0 Å². The number of para-hydroxylation sites is 1. The smallest absolute Gasteiger partial charge is 0.146 e. The number of nitrogens with zero attached hydrogens (tertiary/aromatic N) is 1. The van der Waals surface area contributed by atoms with Crippen molar-refractivity contribution in [3.05, 3.63) is 18.2 Å². The van der Waals surface area contributed by atoms with Gasteiger partial charge in [-0.15, -0.1) is 0 Å². The second kappa shape index (κ2) is 3.17. The minimum absolute atomic E-state index is 0.305. The first kappa shape index (κ1) is 8.23. The minimum Gasteiger partial charge on any atom is -0.506 e. The molecule has 0 atom stereocenters. The highest BCUT2D eigenvalue weighted by molar-refractivity contribution is 5.68. The molecule has 0 radical (unpaired) electrons. The van der Waals surface area contributed by atoms with Gasteiger partial charge in [-0.1, -0.05) is 6.07 Å². The molecule has 2 rings (SSSR count). The fraction of sp³-hybridized carbons (Fsp3) is 0.400. The Labute approximate surface area is 77.6 Å². The number of fused-ring (bicyclic) bond motifs is 1. The number of ether oxygens (including phenoxy) is 1. The zero-order valence-electron chi connectivity index (χ0n) is 7.66. The molecule has 1 aliphatic heterocycles. The van der Waals surface area contributed by atoms with Crippen molar-refractivity contribution in [2.75, 3.05) is 24.6 Å². The molecule has 1 heterocycles. The predicted octanol–water partition coefficient (Wildman–Crippen LogP) is 1.61. The van der Waals surface area contributed by atoms with E-state index in [0.29, 0.717) is 12.4 Å². The molecule has 1 aliphatic rings. The molecule has 1 N–H and O–H groups in total. The van der Waals surface area contributed by atoms with Crippen LogP contribution in [0.4, 0.5) is 5.69 Å². The molecule has 1 aromatic rings. The van der Waals surface area contributed by atoms with Crippen molar-refractivity contribution in [2.24, 2.45) is 0 Å². The summed E-state index contributed by atoms with van der Waals surface area (Å²) in [6.45, 7) is 4.51. The summed E-state index contributed by atoms with van der Waals surface area (Å²) in [6, 6.07) is 5.38. The number of aromatic hydroxyl groups is 1. The van der Waals surface area contributed by atoms with Gasteiger partial charge in [-0.3, -0.25) is 0 Å². The summed E-state index contributed by atoms with van der Waals surface area (Å²) in [5.41, 5.74) is 0.830. The lowest BCUT2D eigenvalue weighted by Gasteiger charge is -2.30. The van der Waals surface area contributed by atoms with E-state index in [1.807, 2.05) is 6.07 Å². The number of phenolic OH excluding ortho intramolecular Hbond substituents is 1. The largest absolute Gasteiger partial charge is 0.506 e. The van der Waals surface area contributed by atoms with Gasteiger partial charge in [0.25, 0.3) is 0 Å². The molecule has 0 spiro atoms. The number of hydrogen-bond acceptors (Lipinski definition) is 3. The summed E-state index contributed by atoms with van der Waals surface area (Å²) in [5, 5.41) is 9.64. The third kappa shape index (κ3) is 1.30. The van der Waals surface area contributed by atoms with Gasteiger partial charge in [-0.2, -0.15) is 0 Å². The maximum absolute atomic E-state index is 9.64. The zero-order valence-corrected chi connectivity index (χ0v) is 7.66. The summed E-state index contributed by atoms with van der Waals surface area (Å²) in [6.07, 6.45) is 0. The number of hydrogen-bond donors (Lipinski definition) is 1. The molecule has 0 saturated carbocycles. The molecule has 0 unspecified atom stereocenters. The Kier molecular flexibility index (Phi) is 2.00. The van der Waals surface area contributed by atoms with E-state index in [2.05, 4.69) is 11.8 Å². The highest BCUT2D eigenvalue weighted by atomic mass is 16.5. The van der Waals surface area contributed by atoms with Crippen LogP contribution in [0.5, 0.6) is 11.5 Å². The van der Waals surface area contributed by atoms with Gasteiger partial charge >= 0.3 is 0 Å². The fourth-order valence-corrected chi connectivity index (χ4v) is 1.64. The maximum Gasteiger partial charge on any atom is 0.146 e. The molecular weight excluding hydrogens is 166 g/mol. The van der Waals surface area contributed by atoms with Crippen LogP contribution < -0.4 is 9.64 Å². The Morgan fingerprint density at radius 2 is 2.38 bits per heavy atom. The maximum atomic E-state index is 9.64. The highest BCUT2D eigenvalue weighted by Crippen LogP contribution is 2.38. The molecule has 3 nitrogen and oxygen atoms in total. The second-order valence-corrected chi connectivity index (χ2v) is 3.05. The van der Waals surface area contributed by atoms with E-state index >= 15 is 0 Å². The fourth-order valence-electron chi connectivity index (χ4n) is 1.64. The lowest BCUT2D eigenvalue weighted by Crippen LogP contribution is -2.32. The van der Waals surface area contributed by atoms with Crippen molar-refractivity contribution in [2.45, 2.75) is 6.92 Å². The summed E-state index contributed by atoms with van der Waals surface area (Å²) >= 11 is 0. The monoisotopic (exact) mass is 179 g/mol. The number of anilines is 1. The summed E-state index contributed by atoms with van der Waals surface area (Å²) in [7, 11) is 0. The molecule has 1 aromatic carbocycles. The molecule has 13 heavy (non-hydrogen) atoms. The molecule has 0 aromatic heterocycles. The predicted molar refractivity (Wildman–Crippen MR) is 51.5 cm³/mol. The van der Waals surface area contributed by atoms with Crippen molar-refractivity contribution in [3.8, 4) is 11.5 Å². The summed E-state index contributed by atoms with van der Waals surface area (Å²) in [4.78, 5) is 2.12. The van der Waals surface area contributed by atoms with E-state index in [4.69, 9.17) is 4.74 Å². The lowest BCUT2D eigenvalue weighted by molar-refractivity contribution is 0.305. The van der Waals surface area contributed by atoms with Crippen LogP contribution in [0.1, 0.15) is 6.92 Å². The minimum atomic E-state index is 0.305. The van der Waals surface area contributed by atoms with Crippen molar-refractivity contribution in [3.63, 3.8) is 0 Å².